The van der Waals surface area contributed by atoms with Gasteiger partial charge in [0, 0.05) is 18.1 Å². The van der Waals surface area contributed by atoms with Crippen molar-refractivity contribution in [1.29, 1.82) is 0 Å². The number of hydrogen-bond acceptors (Lipinski definition) is 3. The number of ketones is 2. The number of carboxylic acids is 1. The molecule has 0 radical (unpaired) electrons. The average Bonchev–Trinajstić information content (AvgIpc) is 2.75. The van der Waals surface area contributed by atoms with E-state index in [4.69, 9.17) is 5.11 Å². The largest absolute Gasteiger partial charge is 1.00 e. The standard InChI is InChI=1S/C16H14N2O4.ClH/c1-9-17(2)13-14(18(9)8-7-12(19)20)16(22)11-6-4-3-5-10(11)15(13)21;/h3-6H,7-8H2,1-2H3;1H. The number of nitrogens with zero attached hydrogens (tertiary/aromatic N) is 2. The summed E-state index contributed by atoms with van der Waals surface area (Å²) in [6, 6.07) is 6.71. The third kappa shape index (κ3) is 2.45. The van der Waals surface area contributed by atoms with Crippen molar-refractivity contribution in [2.45, 2.75) is 19.9 Å². The highest BCUT2D eigenvalue weighted by atomic mass is 35.5. The third-order valence-electron chi connectivity index (χ3n) is 4.10. The number of aromatic nitrogens is 2. The van der Waals surface area contributed by atoms with Gasteiger partial charge in [0.05, 0.1) is 13.5 Å². The molecule has 1 aliphatic carbocycles. The van der Waals surface area contributed by atoms with Gasteiger partial charge in [-0.05, 0) is 0 Å². The molecule has 0 aliphatic heterocycles. The van der Waals surface area contributed by atoms with Gasteiger partial charge < -0.3 is 17.5 Å². The Bertz CT molecular complexity index is 839. The fourth-order valence-corrected chi connectivity index (χ4v) is 2.90. The summed E-state index contributed by atoms with van der Waals surface area (Å²) in [5, 5.41) is 8.88. The van der Waals surface area contributed by atoms with Crippen LogP contribution in [-0.2, 0) is 18.4 Å². The number of carbonyl (C=O) groups excluding carboxylic acids is 2. The first kappa shape index (κ1) is 16.9. The number of hydrogen-bond donors (Lipinski definition) is 1. The van der Waals surface area contributed by atoms with Crippen LogP contribution in [0.2, 0.25) is 0 Å². The molecule has 0 bridgehead atoms. The maximum Gasteiger partial charge on any atom is 0.307 e. The monoisotopic (exact) mass is 334 g/mol. The number of rotatable bonds is 3. The summed E-state index contributed by atoms with van der Waals surface area (Å²) in [4.78, 5) is 36.3. The Morgan fingerprint density at radius 3 is 2.30 bits per heavy atom. The van der Waals surface area contributed by atoms with Crippen molar-refractivity contribution in [3.8, 4) is 0 Å². The quantitative estimate of drug-likeness (QED) is 0.555. The van der Waals surface area contributed by atoms with Gasteiger partial charge >= 0.3 is 5.97 Å². The second kappa shape index (κ2) is 5.96. The molecule has 23 heavy (non-hydrogen) atoms. The molecule has 7 heteroatoms. The van der Waals surface area contributed by atoms with Crippen molar-refractivity contribution < 1.29 is 36.5 Å². The third-order valence-corrected chi connectivity index (χ3v) is 4.10. The van der Waals surface area contributed by atoms with Crippen molar-refractivity contribution >= 4 is 17.5 Å². The van der Waals surface area contributed by atoms with Crippen LogP contribution >= 0.6 is 0 Å². The number of imidazole rings is 1. The van der Waals surface area contributed by atoms with E-state index >= 15 is 0 Å². The zero-order chi connectivity index (χ0) is 16.0. The number of carboxylic acid groups (broad SMARTS) is 1. The maximum absolute atomic E-state index is 12.8. The summed E-state index contributed by atoms with van der Waals surface area (Å²) in [5.41, 5.74) is 1.37. The van der Waals surface area contributed by atoms with Crippen molar-refractivity contribution in [1.82, 2.24) is 4.57 Å². The lowest BCUT2D eigenvalue weighted by Gasteiger charge is -2.12. The van der Waals surface area contributed by atoms with E-state index in [0.29, 0.717) is 22.6 Å². The first-order chi connectivity index (χ1) is 10.4. The van der Waals surface area contributed by atoms with Crippen molar-refractivity contribution in [2.75, 3.05) is 0 Å². The molecule has 1 aromatic heterocycles. The van der Waals surface area contributed by atoms with Crippen LogP contribution in [0.25, 0.3) is 0 Å². The Hall–Kier alpha value is -2.47. The van der Waals surface area contributed by atoms with E-state index in [-0.39, 0.29) is 42.6 Å². The molecule has 0 fully saturated rings. The fraction of sp³-hybridized carbons (Fsp3) is 0.250. The van der Waals surface area contributed by atoms with Crippen LogP contribution in [0.3, 0.4) is 0 Å². The van der Waals surface area contributed by atoms with Crippen LogP contribution in [0.1, 0.15) is 44.3 Å². The summed E-state index contributed by atoms with van der Waals surface area (Å²) in [6.45, 7) is 1.93. The van der Waals surface area contributed by atoms with Gasteiger partial charge in [-0.15, -0.1) is 0 Å². The zero-order valence-electron chi connectivity index (χ0n) is 12.7. The van der Waals surface area contributed by atoms with E-state index in [2.05, 4.69) is 0 Å². The molecule has 3 rings (SSSR count). The lowest BCUT2D eigenvalue weighted by molar-refractivity contribution is -0.679. The molecule has 2 aromatic rings. The topological polar surface area (TPSA) is 80.2 Å². The Morgan fingerprint density at radius 2 is 1.74 bits per heavy atom. The molecule has 0 atom stereocenters. The molecular weight excluding hydrogens is 320 g/mol. The van der Waals surface area contributed by atoms with Crippen molar-refractivity contribution in [3.05, 3.63) is 52.6 Å². The van der Waals surface area contributed by atoms with Crippen molar-refractivity contribution in [2.24, 2.45) is 7.05 Å². The van der Waals surface area contributed by atoms with Gasteiger partial charge in [-0.3, -0.25) is 14.4 Å². The molecule has 0 saturated carbocycles. The van der Waals surface area contributed by atoms with E-state index in [9.17, 15) is 14.4 Å². The van der Waals surface area contributed by atoms with E-state index < -0.39 is 5.97 Å². The summed E-state index contributed by atoms with van der Waals surface area (Å²) in [5.74, 6) is -0.704. The number of carbonyl (C=O) groups is 3. The summed E-state index contributed by atoms with van der Waals surface area (Å²) >= 11 is 0. The van der Waals surface area contributed by atoms with Crippen LogP contribution < -0.4 is 17.0 Å². The lowest BCUT2D eigenvalue weighted by Crippen LogP contribution is -3.00. The normalized spacial score (nSPS) is 12.4. The number of benzene rings is 1. The molecule has 0 saturated heterocycles. The number of halogens is 1. The first-order valence-electron chi connectivity index (χ1n) is 6.92. The maximum atomic E-state index is 12.8. The Labute approximate surface area is 138 Å². The molecule has 1 aliphatic rings. The first-order valence-corrected chi connectivity index (χ1v) is 6.92. The summed E-state index contributed by atoms with van der Waals surface area (Å²) in [7, 11) is 1.71. The molecule has 1 aromatic carbocycles. The summed E-state index contributed by atoms with van der Waals surface area (Å²) < 4.78 is 3.28. The predicted octanol–water partition coefficient (Wildman–Crippen LogP) is -2.12. The minimum absolute atomic E-state index is 0. The van der Waals surface area contributed by atoms with Crippen LogP contribution in [-0.4, -0.2) is 27.2 Å². The molecule has 1 heterocycles. The highest BCUT2D eigenvalue weighted by Gasteiger charge is 2.41. The molecule has 0 amide bonds. The molecule has 1 N–H and O–H groups in total. The van der Waals surface area contributed by atoms with Gasteiger partial charge in [-0.2, -0.15) is 0 Å². The second-order valence-electron chi connectivity index (χ2n) is 5.30. The van der Waals surface area contributed by atoms with Crippen LogP contribution in [0.4, 0.5) is 0 Å². The Morgan fingerprint density at radius 1 is 1.17 bits per heavy atom. The SMILES string of the molecule is Cc1n(CCC(=O)O)c2c([n+]1C)C(=O)c1ccccc1C2=O.[Cl-]. The van der Waals surface area contributed by atoms with Gasteiger partial charge in [0.1, 0.15) is 6.54 Å². The van der Waals surface area contributed by atoms with Gasteiger partial charge in [-0.1, -0.05) is 24.3 Å². The Balaban J connectivity index is 0.00000192. The lowest BCUT2D eigenvalue weighted by atomic mass is 9.90. The molecule has 0 unspecified atom stereocenters. The summed E-state index contributed by atoms with van der Waals surface area (Å²) in [6.07, 6.45) is -0.106. The molecule has 6 nitrogen and oxygen atoms in total. The second-order valence-corrected chi connectivity index (χ2v) is 5.30. The predicted molar refractivity (Wildman–Crippen MR) is 75.9 cm³/mol. The van der Waals surface area contributed by atoms with E-state index in [1.54, 1.807) is 47.4 Å². The zero-order valence-corrected chi connectivity index (χ0v) is 13.4. The van der Waals surface area contributed by atoms with E-state index in [0.717, 1.165) is 0 Å². The average molecular weight is 335 g/mol. The molecule has 0 spiro atoms. The van der Waals surface area contributed by atoms with E-state index in [1.165, 1.54) is 0 Å². The number of fused-ring (bicyclic) bond motifs is 2. The van der Waals surface area contributed by atoms with Gasteiger partial charge in [0.2, 0.25) is 23.0 Å². The highest BCUT2D eigenvalue weighted by molar-refractivity contribution is 6.26. The van der Waals surface area contributed by atoms with Crippen LogP contribution in [0.5, 0.6) is 0 Å². The van der Waals surface area contributed by atoms with Crippen LogP contribution in [0.15, 0.2) is 24.3 Å². The minimum Gasteiger partial charge on any atom is -1.00 e. The van der Waals surface area contributed by atoms with E-state index in [1.807, 2.05) is 0 Å². The van der Waals surface area contributed by atoms with Crippen molar-refractivity contribution in [3.63, 3.8) is 0 Å². The fourth-order valence-electron chi connectivity index (χ4n) is 2.90. The molecule has 120 valence electrons. The Kier molecular flexibility index (Phi) is 4.38. The minimum atomic E-state index is -0.945. The smallest absolute Gasteiger partial charge is 0.307 e. The van der Waals surface area contributed by atoms with Gasteiger partial charge in [0.15, 0.2) is 0 Å². The van der Waals surface area contributed by atoms with Gasteiger partial charge in [0.25, 0.3) is 5.82 Å². The molecular formula is C16H15ClN2O4. The van der Waals surface area contributed by atoms with Gasteiger partial charge in [-0.25, -0.2) is 9.13 Å². The highest BCUT2D eigenvalue weighted by Crippen LogP contribution is 2.26. The van der Waals surface area contributed by atoms with Crippen LogP contribution in [0, 0.1) is 6.92 Å². The number of aliphatic carboxylic acids is 1.